The summed E-state index contributed by atoms with van der Waals surface area (Å²) in [5.41, 5.74) is 1.05. The molecule has 2 aromatic heterocycles. The van der Waals surface area contributed by atoms with Gasteiger partial charge in [-0.15, -0.1) is 0 Å². The molecule has 0 radical (unpaired) electrons. The van der Waals surface area contributed by atoms with Crippen LogP contribution in [0.3, 0.4) is 0 Å². The van der Waals surface area contributed by atoms with Gasteiger partial charge in [0.05, 0.1) is 6.54 Å². The van der Waals surface area contributed by atoms with Gasteiger partial charge in [-0.2, -0.15) is 0 Å². The first-order valence-corrected chi connectivity index (χ1v) is 8.43. The number of nitrogens with zero attached hydrogens (tertiary/aromatic N) is 4. The molecule has 0 saturated carbocycles. The van der Waals surface area contributed by atoms with Crippen molar-refractivity contribution in [1.29, 1.82) is 0 Å². The van der Waals surface area contributed by atoms with Crippen LogP contribution in [0, 0.1) is 6.92 Å². The highest BCUT2D eigenvalue weighted by atomic mass is 16.4. The van der Waals surface area contributed by atoms with Crippen LogP contribution in [-0.2, 0) is 13.0 Å². The number of amides is 1. The highest BCUT2D eigenvalue weighted by molar-refractivity contribution is 5.92. The number of likely N-dealkylation sites (tertiary alicyclic amines) is 1. The summed E-state index contributed by atoms with van der Waals surface area (Å²) in [5.74, 6) is 2.15. The molecule has 0 aliphatic carbocycles. The maximum Gasteiger partial charge on any atom is 0.289 e. The second-order valence-corrected chi connectivity index (χ2v) is 6.34. The molecule has 1 aliphatic rings. The van der Waals surface area contributed by atoms with E-state index in [1.807, 2.05) is 30.9 Å². The molecule has 0 bridgehead atoms. The number of likely N-dealkylation sites (N-methyl/N-ethyl adjacent to an activating group) is 1. The Kier molecular flexibility index (Phi) is 4.94. The lowest BCUT2D eigenvalue weighted by molar-refractivity contribution is 0.0746. The smallest absolute Gasteiger partial charge is 0.289 e. The van der Waals surface area contributed by atoms with Crippen molar-refractivity contribution in [1.82, 2.24) is 19.8 Å². The predicted molar refractivity (Wildman–Crippen MR) is 90.6 cm³/mol. The Morgan fingerprint density at radius 2 is 2.17 bits per heavy atom. The SMILES string of the molecule is CCc1oc(C(=O)N2CC[C@H](N(C)Cc3ncccn3)C2)cc1C. The Morgan fingerprint density at radius 3 is 2.83 bits per heavy atom. The molecule has 6 heteroatoms. The van der Waals surface area contributed by atoms with E-state index in [2.05, 4.69) is 21.9 Å². The lowest BCUT2D eigenvalue weighted by atomic mass is 10.2. The fourth-order valence-electron chi connectivity index (χ4n) is 3.18. The summed E-state index contributed by atoms with van der Waals surface area (Å²) in [7, 11) is 2.06. The summed E-state index contributed by atoms with van der Waals surface area (Å²) in [5, 5.41) is 0. The van der Waals surface area contributed by atoms with Crippen molar-refractivity contribution >= 4 is 5.91 Å². The molecule has 1 fully saturated rings. The van der Waals surface area contributed by atoms with Crippen molar-refractivity contribution < 1.29 is 9.21 Å². The average molecular weight is 328 g/mol. The van der Waals surface area contributed by atoms with Gasteiger partial charge in [0.1, 0.15) is 11.6 Å². The number of furan rings is 1. The Hall–Kier alpha value is -2.21. The van der Waals surface area contributed by atoms with Crippen LogP contribution >= 0.6 is 0 Å². The Balaban J connectivity index is 1.61. The zero-order valence-corrected chi connectivity index (χ0v) is 14.5. The van der Waals surface area contributed by atoms with Gasteiger partial charge < -0.3 is 9.32 Å². The molecule has 1 atom stereocenters. The van der Waals surface area contributed by atoms with E-state index in [-0.39, 0.29) is 5.91 Å². The predicted octanol–water partition coefficient (Wildman–Crippen LogP) is 2.29. The van der Waals surface area contributed by atoms with Crippen molar-refractivity contribution in [3.05, 3.63) is 47.4 Å². The second kappa shape index (κ2) is 7.13. The summed E-state index contributed by atoms with van der Waals surface area (Å²) in [6, 6.07) is 3.99. The summed E-state index contributed by atoms with van der Waals surface area (Å²) in [4.78, 5) is 25.3. The lowest BCUT2D eigenvalue weighted by Crippen LogP contribution is -2.36. The molecule has 2 aromatic rings. The molecule has 1 saturated heterocycles. The number of carbonyl (C=O) groups is 1. The third-order valence-electron chi connectivity index (χ3n) is 4.64. The second-order valence-electron chi connectivity index (χ2n) is 6.34. The molecule has 1 aliphatic heterocycles. The van der Waals surface area contributed by atoms with Gasteiger partial charge in [-0.25, -0.2) is 9.97 Å². The van der Waals surface area contributed by atoms with E-state index in [1.165, 1.54) is 0 Å². The quantitative estimate of drug-likeness (QED) is 0.843. The molecule has 24 heavy (non-hydrogen) atoms. The van der Waals surface area contributed by atoms with Crippen LogP contribution in [-0.4, -0.2) is 51.9 Å². The van der Waals surface area contributed by atoms with Crippen LogP contribution in [0.1, 0.15) is 41.0 Å². The molecule has 3 rings (SSSR count). The van der Waals surface area contributed by atoms with Crippen LogP contribution in [0.25, 0.3) is 0 Å². The Bertz CT molecular complexity index is 698. The molecule has 0 aromatic carbocycles. The maximum atomic E-state index is 12.6. The number of hydrogen-bond acceptors (Lipinski definition) is 5. The Morgan fingerprint density at radius 1 is 1.42 bits per heavy atom. The minimum atomic E-state index is -0.00957. The van der Waals surface area contributed by atoms with E-state index in [4.69, 9.17) is 4.42 Å². The van der Waals surface area contributed by atoms with Crippen molar-refractivity contribution in [2.75, 3.05) is 20.1 Å². The van der Waals surface area contributed by atoms with Crippen molar-refractivity contribution in [2.24, 2.45) is 0 Å². The highest BCUT2D eigenvalue weighted by Crippen LogP contribution is 2.21. The van der Waals surface area contributed by atoms with Gasteiger partial charge >= 0.3 is 0 Å². The molecule has 6 nitrogen and oxygen atoms in total. The molecule has 3 heterocycles. The number of carbonyl (C=O) groups excluding carboxylic acids is 1. The van der Waals surface area contributed by atoms with Crippen LogP contribution in [0.4, 0.5) is 0 Å². The van der Waals surface area contributed by atoms with Crippen LogP contribution < -0.4 is 0 Å². The molecule has 128 valence electrons. The van der Waals surface area contributed by atoms with E-state index >= 15 is 0 Å². The zero-order chi connectivity index (χ0) is 17.1. The molecular formula is C18H24N4O2. The molecule has 0 spiro atoms. The minimum Gasteiger partial charge on any atom is -0.456 e. The fourth-order valence-corrected chi connectivity index (χ4v) is 3.18. The average Bonchev–Trinajstić information content (AvgIpc) is 3.22. The van der Waals surface area contributed by atoms with Gasteiger partial charge in [-0.3, -0.25) is 9.69 Å². The van der Waals surface area contributed by atoms with Gasteiger partial charge in [-0.05, 0) is 38.1 Å². The van der Waals surface area contributed by atoms with Gasteiger partial charge in [0.2, 0.25) is 0 Å². The molecular weight excluding hydrogens is 304 g/mol. The lowest BCUT2D eigenvalue weighted by Gasteiger charge is -2.23. The first kappa shape index (κ1) is 16.6. The maximum absolute atomic E-state index is 12.6. The standard InChI is InChI=1S/C18H24N4O2/c1-4-15-13(2)10-16(24-15)18(23)22-9-6-14(11-22)21(3)12-17-19-7-5-8-20-17/h5,7-8,10,14H,4,6,9,11-12H2,1-3H3/t14-/m0/s1. The first-order valence-electron chi connectivity index (χ1n) is 8.43. The van der Waals surface area contributed by atoms with Gasteiger partial charge in [0, 0.05) is 37.9 Å². The third kappa shape index (κ3) is 3.48. The largest absolute Gasteiger partial charge is 0.456 e. The van der Waals surface area contributed by atoms with Crippen molar-refractivity contribution in [3.8, 4) is 0 Å². The van der Waals surface area contributed by atoms with Gasteiger partial charge in [0.15, 0.2) is 5.76 Å². The summed E-state index contributed by atoms with van der Waals surface area (Å²) >= 11 is 0. The molecule has 1 amide bonds. The molecule has 0 N–H and O–H groups in total. The minimum absolute atomic E-state index is 0.00957. The van der Waals surface area contributed by atoms with E-state index in [9.17, 15) is 4.79 Å². The number of rotatable bonds is 5. The van der Waals surface area contributed by atoms with Crippen LogP contribution in [0.2, 0.25) is 0 Å². The summed E-state index contributed by atoms with van der Waals surface area (Å²) in [6.45, 7) is 6.17. The van der Waals surface area contributed by atoms with Crippen LogP contribution in [0.5, 0.6) is 0 Å². The summed E-state index contributed by atoms with van der Waals surface area (Å²) < 4.78 is 5.70. The topological polar surface area (TPSA) is 62.5 Å². The summed E-state index contributed by atoms with van der Waals surface area (Å²) in [6.07, 6.45) is 5.27. The third-order valence-corrected chi connectivity index (χ3v) is 4.64. The van der Waals surface area contributed by atoms with Gasteiger partial charge in [0.25, 0.3) is 5.91 Å². The van der Waals surface area contributed by atoms with E-state index in [0.717, 1.165) is 36.5 Å². The number of aromatic nitrogens is 2. The number of hydrogen-bond donors (Lipinski definition) is 0. The molecule has 0 unspecified atom stereocenters. The fraction of sp³-hybridized carbons (Fsp3) is 0.500. The normalized spacial score (nSPS) is 17.7. The monoisotopic (exact) mass is 328 g/mol. The Labute approximate surface area is 142 Å². The van der Waals surface area contributed by atoms with E-state index < -0.39 is 0 Å². The van der Waals surface area contributed by atoms with Crippen LogP contribution in [0.15, 0.2) is 28.9 Å². The zero-order valence-electron chi connectivity index (χ0n) is 14.5. The van der Waals surface area contributed by atoms with E-state index in [0.29, 0.717) is 24.9 Å². The number of aryl methyl sites for hydroxylation is 2. The van der Waals surface area contributed by atoms with E-state index in [1.54, 1.807) is 12.4 Å². The highest BCUT2D eigenvalue weighted by Gasteiger charge is 2.31. The van der Waals surface area contributed by atoms with Crippen molar-refractivity contribution in [3.63, 3.8) is 0 Å². The van der Waals surface area contributed by atoms with Gasteiger partial charge in [-0.1, -0.05) is 6.92 Å². The van der Waals surface area contributed by atoms with Crippen molar-refractivity contribution in [2.45, 2.75) is 39.3 Å². The first-order chi connectivity index (χ1) is 11.6.